The summed E-state index contributed by atoms with van der Waals surface area (Å²) in [4.78, 5) is 0. The van der Waals surface area contributed by atoms with Gasteiger partial charge in [0.25, 0.3) is 0 Å². The molecule has 2 N–H and O–H groups in total. The summed E-state index contributed by atoms with van der Waals surface area (Å²) < 4.78 is 0. The van der Waals surface area contributed by atoms with E-state index in [2.05, 4.69) is 21.6 Å². The predicted molar refractivity (Wildman–Crippen MR) is 55.7 cm³/mol. The number of aromatic nitrogens is 2. The lowest BCUT2D eigenvalue weighted by molar-refractivity contribution is 0.329. The van der Waals surface area contributed by atoms with Gasteiger partial charge in [-0.15, -0.1) is 0 Å². The van der Waals surface area contributed by atoms with Gasteiger partial charge in [-0.05, 0) is 37.3 Å². The van der Waals surface area contributed by atoms with Crippen LogP contribution in [0.3, 0.4) is 0 Å². The van der Waals surface area contributed by atoms with Crippen LogP contribution in [0.15, 0.2) is 18.5 Å². The number of allylic oxidation sites excluding steroid dienone is 1. The van der Waals surface area contributed by atoms with E-state index in [9.17, 15) is 0 Å². The lowest BCUT2D eigenvalue weighted by atomic mass is 9.79. The quantitative estimate of drug-likeness (QED) is 0.704. The molecule has 2 heterocycles. The Morgan fingerprint density at radius 2 is 2.43 bits per heavy atom. The number of hydrogen-bond donors (Lipinski definition) is 2. The third-order valence-corrected chi connectivity index (χ3v) is 3.39. The molecular weight excluding hydrogens is 174 g/mol. The largest absolute Gasteiger partial charge is 0.310 e. The molecule has 3 nitrogen and oxygen atoms in total. The third-order valence-electron chi connectivity index (χ3n) is 3.39. The average Bonchev–Trinajstić information content (AvgIpc) is 2.71. The summed E-state index contributed by atoms with van der Waals surface area (Å²) in [6.45, 7) is 1.17. The van der Waals surface area contributed by atoms with Crippen LogP contribution in [-0.4, -0.2) is 22.8 Å². The summed E-state index contributed by atoms with van der Waals surface area (Å²) in [6.07, 6.45) is 10.2. The van der Waals surface area contributed by atoms with Gasteiger partial charge in [-0.3, -0.25) is 5.10 Å². The van der Waals surface area contributed by atoms with Crippen molar-refractivity contribution in [2.45, 2.75) is 25.3 Å². The molecule has 0 spiro atoms. The molecule has 1 saturated heterocycles. The van der Waals surface area contributed by atoms with Crippen LogP contribution in [0.4, 0.5) is 0 Å². The van der Waals surface area contributed by atoms with E-state index in [1.54, 1.807) is 0 Å². The van der Waals surface area contributed by atoms with Crippen LogP contribution < -0.4 is 5.32 Å². The minimum absolute atomic E-state index is 0.570. The monoisotopic (exact) mass is 189 g/mol. The summed E-state index contributed by atoms with van der Waals surface area (Å²) >= 11 is 0. The number of fused-ring (bicyclic) bond motifs is 2. The van der Waals surface area contributed by atoms with Crippen LogP contribution in [0.2, 0.25) is 0 Å². The van der Waals surface area contributed by atoms with Crippen LogP contribution in [0.1, 0.15) is 24.8 Å². The molecule has 1 fully saturated rings. The molecule has 3 rings (SSSR count). The maximum atomic E-state index is 4.01. The lowest BCUT2D eigenvalue weighted by Gasteiger charge is -2.35. The van der Waals surface area contributed by atoms with Gasteiger partial charge in [0.2, 0.25) is 0 Å². The summed E-state index contributed by atoms with van der Waals surface area (Å²) in [6, 6.07) is 0.570. The Balaban J connectivity index is 1.92. The van der Waals surface area contributed by atoms with Crippen molar-refractivity contribution in [3.8, 4) is 0 Å². The summed E-state index contributed by atoms with van der Waals surface area (Å²) in [5.74, 6) is 0.914. The van der Waals surface area contributed by atoms with Gasteiger partial charge >= 0.3 is 0 Å². The van der Waals surface area contributed by atoms with E-state index in [1.165, 1.54) is 36.9 Å². The number of rotatable bonds is 1. The van der Waals surface area contributed by atoms with E-state index >= 15 is 0 Å². The van der Waals surface area contributed by atoms with Crippen LogP contribution in [0, 0.1) is 5.92 Å². The van der Waals surface area contributed by atoms with Crippen molar-refractivity contribution in [2.24, 2.45) is 5.92 Å². The molecule has 1 aliphatic heterocycles. The van der Waals surface area contributed by atoms with Crippen molar-refractivity contribution in [3.63, 3.8) is 0 Å². The number of aromatic amines is 1. The van der Waals surface area contributed by atoms with Crippen LogP contribution in [-0.2, 0) is 0 Å². The fourth-order valence-electron chi connectivity index (χ4n) is 2.61. The maximum absolute atomic E-state index is 4.01. The Kier molecular flexibility index (Phi) is 1.91. The van der Waals surface area contributed by atoms with Gasteiger partial charge in [-0.1, -0.05) is 6.08 Å². The van der Waals surface area contributed by atoms with Gasteiger partial charge in [-0.2, -0.15) is 5.10 Å². The molecule has 1 aromatic heterocycles. The Labute approximate surface area is 83.6 Å². The van der Waals surface area contributed by atoms with Crippen molar-refractivity contribution >= 4 is 5.57 Å². The van der Waals surface area contributed by atoms with Crippen molar-refractivity contribution in [2.75, 3.05) is 6.54 Å². The zero-order valence-corrected chi connectivity index (χ0v) is 8.16. The van der Waals surface area contributed by atoms with Gasteiger partial charge in [0, 0.05) is 17.8 Å². The fraction of sp³-hybridized carbons (Fsp3) is 0.545. The summed E-state index contributed by atoms with van der Waals surface area (Å²) in [5.41, 5.74) is 2.69. The molecule has 2 unspecified atom stereocenters. The molecule has 2 atom stereocenters. The molecule has 1 aliphatic carbocycles. The lowest BCUT2D eigenvalue weighted by Crippen LogP contribution is -2.40. The number of nitrogens with zero attached hydrogens (tertiary/aromatic N) is 1. The van der Waals surface area contributed by atoms with E-state index in [-0.39, 0.29) is 0 Å². The second-order valence-electron chi connectivity index (χ2n) is 4.28. The van der Waals surface area contributed by atoms with Gasteiger partial charge in [0.1, 0.15) is 0 Å². The first-order valence-corrected chi connectivity index (χ1v) is 5.36. The van der Waals surface area contributed by atoms with Crippen molar-refractivity contribution in [3.05, 3.63) is 24.0 Å². The van der Waals surface area contributed by atoms with E-state index in [4.69, 9.17) is 0 Å². The molecular formula is C11H15N3. The smallest absolute Gasteiger partial charge is 0.0562 e. The second kappa shape index (κ2) is 3.24. The molecule has 2 bridgehead atoms. The van der Waals surface area contributed by atoms with Crippen molar-refractivity contribution < 1.29 is 0 Å². The number of hydrogen-bond acceptors (Lipinski definition) is 2. The second-order valence-corrected chi connectivity index (χ2v) is 4.28. The predicted octanol–water partition coefficient (Wildman–Crippen LogP) is 1.56. The van der Waals surface area contributed by atoms with E-state index in [0.717, 1.165) is 5.92 Å². The van der Waals surface area contributed by atoms with Gasteiger partial charge < -0.3 is 5.32 Å². The highest BCUT2D eigenvalue weighted by Gasteiger charge is 2.28. The Morgan fingerprint density at radius 1 is 1.43 bits per heavy atom. The number of H-pyrrole nitrogens is 1. The molecule has 3 heteroatoms. The summed E-state index contributed by atoms with van der Waals surface area (Å²) in [7, 11) is 0. The maximum Gasteiger partial charge on any atom is 0.0562 e. The molecule has 0 aromatic carbocycles. The highest BCUT2D eigenvalue weighted by Crippen LogP contribution is 2.34. The fourth-order valence-corrected chi connectivity index (χ4v) is 2.61. The zero-order valence-electron chi connectivity index (χ0n) is 8.16. The highest BCUT2D eigenvalue weighted by molar-refractivity contribution is 5.69. The molecule has 0 radical (unpaired) electrons. The number of nitrogens with one attached hydrogen (secondary N) is 2. The summed E-state index contributed by atoms with van der Waals surface area (Å²) in [5, 5.41) is 10.5. The van der Waals surface area contributed by atoms with Crippen molar-refractivity contribution in [1.29, 1.82) is 0 Å². The van der Waals surface area contributed by atoms with Gasteiger partial charge in [0.05, 0.1) is 6.20 Å². The van der Waals surface area contributed by atoms with Crippen molar-refractivity contribution in [1.82, 2.24) is 15.5 Å². The first-order chi connectivity index (χ1) is 6.93. The number of piperidine rings is 1. The normalized spacial score (nSPS) is 31.3. The minimum Gasteiger partial charge on any atom is -0.310 e. The van der Waals surface area contributed by atoms with Crippen LogP contribution >= 0.6 is 0 Å². The first kappa shape index (κ1) is 8.24. The van der Waals surface area contributed by atoms with E-state index < -0.39 is 0 Å². The Hall–Kier alpha value is -1.09. The molecule has 0 amide bonds. The van der Waals surface area contributed by atoms with E-state index in [1.807, 2.05) is 12.4 Å². The van der Waals surface area contributed by atoms with Crippen LogP contribution in [0.5, 0.6) is 0 Å². The third kappa shape index (κ3) is 1.28. The highest BCUT2D eigenvalue weighted by atomic mass is 15.1. The molecule has 2 aliphatic rings. The van der Waals surface area contributed by atoms with Gasteiger partial charge in [0.15, 0.2) is 0 Å². The SMILES string of the molecule is C1=C(c2cn[nH]c2)C2CC(C1)CCN2. The Morgan fingerprint density at radius 3 is 3.29 bits per heavy atom. The average molecular weight is 189 g/mol. The molecule has 1 aromatic rings. The van der Waals surface area contributed by atoms with Crippen LogP contribution in [0.25, 0.3) is 5.57 Å². The topological polar surface area (TPSA) is 40.7 Å². The molecule has 74 valence electrons. The first-order valence-electron chi connectivity index (χ1n) is 5.36. The Bertz CT molecular complexity index is 339. The zero-order chi connectivity index (χ0) is 9.38. The molecule has 14 heavy (non-hydrogen) atoms. The molecule has 0 saturated carbocycles. The van der Waals surface area contributed by atoms with Gasteiger partial charge in [-0.25, -0.2) is 0 Å². The van der Waals surface area contributed by atoms with E-state index in [0.29, 0.717) is 6.04 Å². The minimum atomic E-state index is 0.570. The standard InChI is InChI=1S/C11H15N3/c1-2-10(9-6-13-14-7-9)11-5-8(1)3-4-12-11/h2,6-8,11-12H,1,3-5H2,(H,13,14).